The molecule has 1 amide bonds. The van der Waals surface area contributed by atoms with Crippen LogP contribution in [0, 0.1) is 12.8 Å². The third-order valence-corrected chi connectivity index (χ3v) is 3.79. The topological polar surface area (TPSA) is 57.6 Å². The maximum absolute atomic E-state index is 12.2. The molecule has 0 aliphatic heterocycles. The number of benzene rings is 1. The van der Waals surface area contributed by atoms with Crippen molar-refractivity contribution in [1.29, 1.82) is 0 Å². The van der Waals surface area contributed by atoms with Crippen molar-refractivity contribution in [2.45, 2.75) is 13.8 Å². The lowest BCUT2D eigenvalue weighted by molar-refractivity contribution is -0.141. The molecule has 0 saturated heterocycles. The summed E-state index contributed by atoms with van der Waals surface area (Å²) < 4.78 is 0.754. The molecule has 0 heterocycles. The van der Waals surface area contributed by atoms with Crippen molar-refractivity contribution in [3.05, 3.63) is 33.8 Å². The summed E-state index contributed by atoms with van der Waals surface area (Å²) in [6.45, 7) is 3.67. The number of rotatable bonds is 4. The Morgan fingerprint density at radius 2 is 2.06 bits per heavy atom. The molecule has 98 valence electrons. The van der Waals surface area contributed by atoms with Crippen LogP contribution in [0.2, 0.25) is 0 Å². The van der Waals surface area contributed by atoms with Crippen molar-refractivity contribution in [2.75, 3.05) is 13.6 Å². The van der Waals surface area contributed by atoms with Gasteiger partial charge < -0.3 is 10.0 Å². The van der Waals surface area contributed by atoms with Gasteiger partial charge in [-0.25, -0.2) is 0 Å². The first kappa shape index (κ1) is 14.7. The monoisotopic (exact) mass is 313 g/mol. The molecule has 5 heteroatoms. The molecule has 1 N–H and O–H groups in total. The van der Waals surface area contributed by atoms with Crippen molar-refractivity contribution >= 4 is 27.8 Å². The molecule has 0 aliphatic carbocycles. The second kappa shape index (κ2) is 6.00. The van der Waals surface area contributed by atoms with Crippen molar-refractivity contribution in [3.8, 4) is 0 Å². The number of nitrogens with zero attached hydrogens (tertiary/aromatic N) is 1. The van der Waals surface area contributed by atoms with Crippen LogP contribution in [0.3, 0.4) is 0 Å². The highest BCUT2D eigenvalue weighted by Gasteiger charge is 2.20. The van der Waals surface area contributed by atoms with E-state index in [0.717, 1.165) is 10.0 Å². The number of amides is 1. The van der Waals surface area contributed by atoms with Gasteiger partial charge >= 0.3 is 5.97 Å². The molecule has 0 radical (unpaired) electrons. The summed E-state index contributed by atoms with van der Waals surface area (Å²) in [4.78, 5) is 24.4. The fourth-order valence-corrected chi connectivity index (χ4v) is 2.02. The van der Waals surface area contributed by atoms with E-state index in [-0.39, 0.29) is 12.5 Å². The zero-order chi connectivity index (χ0) is 13.9. The Morgan fingerprint density at radius 3 is 2.61 bits per heavy atom. The molecule has 1 aromatic rings. The Kier molecular flexibility index (Phi) is 4.90. The van der Waals surface area contributed by atoms with Crippen molar-refractivity contribution in [2.24, 2.45) is 5.92 Å². The zero-order valence-corrected chi connectivity index (χ0v) is 12.2. The number of carboxylic acid groups (broad SMARTS) is 1. The highest BCUT2D eigenvalue weighted by Crippen LogP contribution is 2.22. The van der Waals surface area contributed by atoms with Crippen LogP contribution in [0.4, 0.5) is 0 Å². The molecule has 0 spiro atoms. The molecule has 0 aliphatic rings. The van der Waals surface area contributed by atoms with Gasteiger partial charge in [-0.15, -0.1) is 0 Å². The van der Waals surface area contributed by atoms with E-state index in [1.54, 1.807) is 20.0 Å². The number of carbonyl (C=O) groups excluding carboxylic acids is 1. The molecule has 1 atom stereocenters. The van der Waals surface area contributed by atoms with Crippen LogP contribution in [-0.2, 0) is 4.79 Å². The molecule has 4 nitrogen and oxygen atoms in total. The van der Waals surface area contributed by atoms with E-state index in [1.807, 2.05) is 19.1 Å². The normalized spacial score (nSPS) is 12.0. The van der Waals surface area contributed by atoms with E-state index in [2.05, 4.69) is 15.9 Å². The van der Waals surface area contributed by atoms with Crippen molar-refractivity contribution < 1.29 is 14.7 Å². The van der Waals surface area contributed by atoms with E-state index in [4.69, 9.17) is 5.11 Å². The predicted molar refractivity (Wildman–Crippen MR) is 72.6 cm³/mol. The highest BCUT2D eigenvalue weighted by molar-refractivity contribution is 9.10. The Bertz CT molecular complexity index is 473. The second-order valence-corrected chi connectivity index (χ2v) is 5.15. The van der Waals surface area contributed by atoms with Gasteiger partial charge in [0.2, 0.25) is 0 Å². The molecule has 0 aromatic heterocycles. The number of hydrogen-bond acceptors (Lipinski definition) is 2. The molecule has 0 saturated carbocycles. The van der Waals surface area contributed by atoms with Gasteiger partial charge in [0.15, 0.2) is 0 Å². The van der Waals surface area contributed by atoms with Crippen LogP contribution in [0.25, 0.3) is 0 Å². The van der Waals surface area contributed by atoms with Crippen molar-refractivity contribution in [3.63, 3.8) is 0 Å². The predicted octanol–water partition coefficient (Wildman–Crippen LogP) is 2.55. The second-order valence-electron chi connectivity index (χ2n) is 4.36. The van der Waals surface area contributed by atoms with E-state index >= 15 is 0 Å². The fraction of sp³-hybridized carbons (Fsp3) is 0.385. The van der Waals surface area contributed by atoms with Crippen LogP contribution in [-0.4, -0.2) is 35.5 Å². The third kappa shape index (κ3) is 3.32. The lowest BCUT2D eigenvalue weighted by atomic mass is 10.1. The lowest BCUT2D eigenvalue weighted by Gasteiger charge is -2.20. The van der Waals surface area contributed by atoms with E-state index in [0.29, 0.717) is 5.56 Å². The Hall–Kier alpha value is -1.36. The summed E-state index contributed by atoms with van der Waals surface area (Å²) in [6, 6.07) is 5.43. The number of carboxylic acids is 1. The SMILES string of the molecule is Cc1cccc(C(=O)N(C)CC(C)C(=O)O)c1Br. The van der Waals surface area contributed by atoms with Crippen molar-refractivity contribution in [1.82, 2.24) is 4.90 Å². The summed E-state index contributed by atoms with van der Waals surface area (Å²) in [5.41, 5.74) is 1.52. The average molecular weight is 314 g/mol. The average Bonchev–Trinajstić information content (AvgIpc) is 2.31. The van der Waals surface area contributed by atoms with Gasteiger partial charge in [0.25, 0.3) is 5.91 Å². The fourth-order valence-electron chi connectivity index (χ4n) is 1.59. The molecule has 1 unspecified atom stereocenters. The minimum absolute atomic E-state index is 0.182. The first-order valence-electron chi connectivity index (χ1n) is 5.58. The van der Waals surface area contributed by atoms with E-state index in [1.165, 1.54) is 4.90 Å². The minimum atomic E-state index is -0.905. The third-order valence-electron chi connectivity index (χ3n) is 2.74. The maximum atomic E-state index is 12.2. The Labute approximate surface area is 115 Å². The van der Waals surface area contributed by atoms with Gasteiger partial charge in [0.05, 0.1) is 11.5 Å². The van der Waals surface area contributed by atoms with Gasteiger partial charge in [0, 0.05) is 18.1 Å². The van der Waals surface area contributed by atoms with Gasteiger partial charge in [0.1, 0.15) is 0 Å². The van der Waals surface area contributed by atoms with Gasteiger partial charge in [-0.3, -0.25) is 9.59 Å². The van der Waals surface area contributed by atoms with Crippen LogP contribution in [0.5, 0.6) is 0 Å². The summed E-state index contributed by atoms with van der Waals surface area (Å²) in [7, 11) is 1.61. The number of aliphatic carboxylic acids is 1. The zero-order valence-electron chi connectivity index (χ0n) is 10.6. The number of aryl methyl sites for hydroxylation is 1. The van der Waals surface area contributed by atoms with Crippen LogP contribution >= 0.6 is 15.9 Å². The highest BCUT2D eigenvalue weighted by atomic mass is 79.9. The summed E-state index contributed by atoms with van der Waals surface area (Å²) in [5, 5.41) is 8.83. The van der Waals surface area contributed by atoms with E-state index in [9.17, 15) is 9.59 Å². The summed E-state index contributed by atoms with van der Waals surface area (Å²) in [6.07, 6.45) is 0. The quantitative estimate of drug-likeness (QED) is 0.929. The minimum Gasteiger partial charge on any atom is -0.481 e. The van der Waals surface area contributed by atoms with Gasteiger partial charge in [-0.1, -0.05) is 19.1 Å². The number of halogens is 1. The summed E-state index contributed by atoms with van der Waals surface area (Å²) >= 11 is 3.38. The van der Waals surface area contributed by atoms with Crippen LogP contribution in [0.15, 0.2) is 22.7 Å². The first-order valence-corrected chi connectivity index (χ1v) is 6.37. The Morgan fingerprint density at radius 1 is 1.44 bits per heavy atom. The largest absolute Gasteiger partial charge is 0.481 e. The standard InChI is InChI=1S/C13H16BrNO3/c1-8-5-4-6-10(11(8)14)12(16)15(3)7-9(2)13(17)18/h4-6,9H,7H2,1-3H3,(H,17,18). The Balaban J connectivity index is 2.87. The molecule has 0 fully saturated rings. The smallest absolute Gasteiger partial charge is 0.308 e. The number of carbonyl (C=O) groups is 2. The first-order chi connectivity index (χ1) is 8.34. The van der Waals surface area contributed by atoms with Gasteiger partial charge in [-0.05, 0) is 34.5 Å². The van der Waals surface area contributed by atoms with Crippen LogP contribution in [0.1, 0.15) is 22.8 Å². The maximum Gasteiger partial charge on any atom is 0.308 e. The molecule has 18 heavy (non-hydrogen) atoms. The molecule has 1 rings (SSSR count). The van der Waals surface area contributed by atoms with Gasteiger partial charge in [-0.2, -0.15) is 0 Å². The molecule has 0 bridgehead atoms. The molecule has 1 aromatic carbocycles. The van der Waals surface area contributed by atoms with Crippen LogP contribution < -0.4 is 0 Å². The van der Waals surface area contributed by atoms with E-state index < -0.39 is 11.9 Å². The molecular weight excluding hydrogens is 298 g/mol. The molecular formula is C13H16BrNO3. The lowest BCUT2D eigenvalue weighted by Crippen LogP contribution is -2.33. The number of hydrogen-bond donors (Lipinski definition) is 1. The summed E-state index contributed by atoms with van der Waals surface area (Å²) in [5.74, 6) is -1.67.